The lowest BCUT2D eigenvalue weighted by molar-refractivity contribution is 0.0515. The number of aromatic nitrogens is 4. The lowest BCUT2D eigenvalue weighted by Crippen LogP contribution is -2.08. The zero-order valence-corrected chi connectivity index (χ0v) is 22.6. The van der Waals surface area contributed by atoms with E-state index < -0.39 is 5.97 Å². The maximum Gasteiger partial charge on any atom is 0.361 e. The fourth-order valence-corrected chi connectivity index (χ4v) is 5.32. The topological polar surface area (TPSA) is 88.4 Å². The van der Waals surface area contributed by atoms with E-state index in [4.69, 9.17) is 30.8 Å². The maximum absolute atomic E-state index is 12.6. The van der Waals surface area contributed by atoms with Crippen molar-refractivity contribution in [1.29, 1.82) is 0 Å². The molecule has 4 aromatic rings. The Labute approximate surface area is 222 Å². The number of halogens is 1. The normalized spacial score (nSPS) is 11.1. The van der Waals surface area contributed by atoms with Crippen molar-refractivity contribution in [2.24, 2.45) is 0 Å². The third-order valence-electron chi connectivity index (χ3n) is 4.88. The standard InChI is InChI=1S/C25H25ClN4O4S2/c1-5-33-25(31)22-24(30(29-28-22)13-16-6-9-18(32-4)10-7-16)36-21-14-35-23(27-21)17-8-11-20(19(26)12-17)34-15(2)3/h6-12,14-15H,5,13H2,1-4H3. The van der Waals surface area contributed by atoms with Crippen molar-refractivity contribution in [3.05, 3.63) is 64.1 Å². The molecule has 4 rings (SSSR count). The number of hydrogen-bond acceptors (Lipinski definition) is 9. The van der Waals surface area contributed by atoms with Gasteiger partial charge in [0.05, 0.1) is 31.4 Å². The van der Waals surface area contributed by atoms with Gasteiger partial charge in [-0.15, -0.1) is 16.4 Å². The van der Waals surface area contributed by atoms with E-state index in [1.165, 1.54) is 23.1 Å². The first kappa shape index (κ1) is 26.0. The maximum atomic E-state index is 12.6. The van der Waals surface area contributed by atoms with E-state index in [1.807, 2.05) is 61.7 Å². The molecule has 2 aromatic carbocycles. The van der Waals surface area contributed by atoms with Crippen molar-refractivity contribution in [3.63, 3.8) is 0 Å². The summed E-state index contributed by atoms with van der Waals surface area (Å²) in [5.74, 6) is 0.871. The highest BCUT2D eigenvalue weighted by atomic mass is 35.5. The first-order valence-electron chi connectivity index (χ1n) is 11.2. The molecular weight excluding hydrogens is 520 g/mol. The Morgan fingerprint density at radius 1 is 1.19 bits per heavy atom. The predicted octanol–water partition coefficient (Wildman–Crippen LogP) is 6.23. The van der Waals surface area contributed by atoms with Crippen molar-refractivity contribution in [2.45, 2.75) is 43.5 Å². The second-order valence-corrected chi connectivity index (χ2v) is 10.1. The second kappa shape index (κ2) is 11.8. The zero-order chi connectivity index (χ0) is 25.7. The number of thiazole rings is 1. The van der Waals surface area contributed by atoms with Gasteiger partial charge in [-0.05, 0) is 68.4 Å². The van der Waals surface area contributed by atoms with Gasteiger partial charge in [-0.2, -0.15) is 0 Å². The predicted molar refractivity (Wildman–Crippen MR) is 141 cm³/mol. The molecule has 0 aliphatic rings. The molecule has 2 heterocycles. The molecule has 0 saturated carbocycles. The van der Waals surface area contributed by atoms with Crippen LogP contribution in [-0.4, -0.2) is 45.8 Å². The van der Waals surface area contributed by atoms with Crippen molar-refractivity contribution in [1.82, 2.24) is 20.0 Å². The first-order valence-corrected chi connectivity index (χ1v) is 13.3. The minimum Gasteiger partial charge on any atom is -0.497 e. The van der Waals surface area contributed by atoms with Gasteiger partial charge in [-0.3, -0.25) is 0 Å². The smallest absolute Gasteiger partial charge is 0.361 e. The Hall–Kier alpha value is -3.08. The lowest BCUT2D eigenvalue weighted by atomic mass is 10.2. The molecule has 11 heteroatoms. The molecule has 0 N–H and O–H groups in total. The Morgan fingerprint density at radius 3 is 2.64 bits per heavy atom. The average Bonchev–Trinajstić information content (AvgIpc) is 3.48. The number of rotatable bonds is 10. The van der Waals surface area contributed by atoms with Gasteiger partial charge < -0.3 is 14.2 Å². The fourth-order valence-electron chi connectivity index (χ4n) is 3.26. The molecule has 2 aromatic heterocycles. The number of esters is 1. The summed E-state index contributed by atoms with van der Waals surface area (Å²) in [5, 5.41) is 12.8. The molecule has 0 bridgehead atoms. The van der Waals surface area contributed by atoms with Crippen LogP contribution in [0, 0.1) is 0 Å². The number of methoxy groups -OCH3 is 1. The highest BCUT2D eigenvalue weighted by molar-refractivity contribution is 7.99. The van der Waals surface area contributed by atoms with Gasteiger partial charge >= 0.3 is 5.97 Å². The summed E-state index contributed by atoms with van der Waals surface area (Å²) in [6.45, 7) is 6.32. The molecule has 0 aliphatic carbocycles. The quantitative estimate of drug-likeness (QED) is 0.217. The van der Waals surface area contributed by atoms with Crippen LogP contribution in [0.15, 0.2) is 57.9 Å². The monoisotopic (exact) mass is 544 g/mol. The summed E-state index contributed by atoms with van der Waals surface area (Å²) in [6.07, 6.45) is 0.0289. The van der Waals surface area contributed by atoms with E-state index >= 15 is 0 Å². The van der Waals surface area contributed by atoms with Crippen LogP contribution in [0.4, 0.5) is 0 Å². The van der Waals surface area contributed by atoms with E-state index in [0.29, 0.717) is 27.4 Å². The molecule has 0 radical (unpaired) electrons. The van der Waals surface area contributed by atoms with E-state index in [1.54, 1.807) is 18.7 Å². The third kappa shape index (κ3) is 6.18. The molecule has 0 saturated heterocycles. The average molecular weight is 545 g/mol. The first-order chi connectivity index (χ1) is 17.4. The van der Waals surface area contributed by atoms with Gasteiger partial charge in [0.25, 0.3) is 0 Å². The van der Waals surface area contributed by atoms with E-state index in [-0.39, 0.29) is 18.4 Å². The molecule has 0 spiro atoms. The van der Waals surface area contributed by atoms with Crippen molar-refractivity contribution >= 4 is 40.7 Å². The molecule has 36 heavy (non-hydrogen) atoms. The number of carbonyl (C=O) groups is 1. The molecule has 0 fully saturated rings. The summed E-state index contributed by atoms with van der Waals surface area (Å²) < 4.78 is 17.8. The summed E-state index contributed by atoms with van der Waals surface area (Å²) in [7, 11) is 1.62. The fraction of sp³-hybridized carbons (Fsp3) is 0.280. The van der Waals surface area contributed by atoms with Gasteiger partial charge in [0.2, 0.25) is 5.69 Å². The SMILES string of the molecule is CCOC(=O)c1nnn(Cc2ccc(OC)cc2)c1Sc1csc(-c2ccc(OC(C)C)c(Cl)c2)n1. The summed E-state index contributed by atoms with van der Waals surface area (Å²) in [6, 6.07) is 13.2. The van der Waals surface area contributed by atoms with Crippen molar-refractivity contribution in [3.8, 4) is 22.1 Å². The van der Waals surface area contributed by atoms with Gasteiger partial charge in [0.15, 0.2) is 0 Å². The van der Waals surface area contributed by atoms with E-state index in [9.17, 15) is 4.79 Å². The van der Waals surface area contributed by atoms with E-state index in [0.717, 1.165) is 21.9 Å². The highest BCUT2D eigenvalue weighted by Gasteiger charge is 2.23. The van der Waals surface area contributed by atoms with Crippen LogP contribution in [0.3, 0.4) is 0 Å². The zero-order valence-electron chi connectivity index (χ0n) is 20.2. The Balaban J connectivity index is 1.60. The van der Waals surface area contributed by atoms with Crippen LogP contribution in [0.5, 0.6) is 11.5 Å². The Kier molecular flexibility index (Phi) is 8.50. The summed E-state index contributed by atoms with van der Waals surface area (Å²) in [4.78, 5) is 17.3. The summed E-state index contributed by atoms with van der Waals surface area (Å²) in [5.41, 5.74) is 2.02. The van der Waals surface area contributed by atoms with Crippen molar-refractivity contribution in [2.75, 3.05) is 13.7 Å². The highest BCUT2D eigenvalue weighted by Crippen LogP contribution is 2.36. The van der Waals surface area contributed by atoms with Gasteiger partial charge in [-0.1, -0.05) is 28.9 Å². The van der Waals surface area contributed by atoms with Crippen LogP contribution in [0.2, 0.25) is 5.02 Å². The number of ether oxygens (including phenoxy) is 3. The Bertz CT molecular complexity index is 1340. The number of nitrogens with zero attached hydrogens (tertiary/aromatic N) is 4. The number of benzene rings is 2. The van der Waals surface area contributed by atoms with Gasteiger partial charge in [0, 0.05) is 10.9 Å². The van der Waals surface area contributed by atoms with Crippen LogP contribution in [-0.2, 0) is 11.3 Å². The minimum atomic E-state index is -0.524. The molecule has 188 valence electrons. The molecule has 0 unspecified atom stereocenters. The molecule has 8 nitrogen and oxygen atoms in total. The van der Waals surface area contributed by atoms with Crippen LogP contribution >= 0.6 is 34.7 Å². The molecule has 0 aliphatic heterocycles. The summed E-state index contributed by atoms with van der Waals surface area (Å²) >= 11 is 9.21. The Morgan fingerprint density at radius 2 is 1.97 bits per heavy atom. The van der Waals surface area contributed by atoms with E-state index in [2.05, 4.69) is 10.3 Å². The van der Waals surface area contributed by atoms with Crippen LogP contribution in [0.1, 0.15) is 36.8 Å². The lowest BCUT2D eigenvalue weighted by Gasteiger charge is -2.11. The minimum absolute atomic E-state index is 0.0289. The van der Waals surface area contributed by atoms with Crippen LogP contribution in [0.25, 0.3) is 10.6 Å². The van der Waals surface area contributed by atoms with Crippen molar-refractivity contribution < 1.29 is 19.0 Å². The number of carbonyl (C=O) groups excluding carboxylic acids is 1. The van der Waals surface area contributed by atoms with Crippen LogP contribution < -0.4 is 9.47 Å². The molecule has 0 amide bonds. The van der Waals surface area contributed by atoms with Gasteiger partial charge in [0.1, 0.15) is 26.6 Å². The third-order valence-corrected chi connectivity index (χ3v) is 7.23. The number of hydrogen-bond donors (Lipinski definition) is 0. The second-order valence-electron chi connectivity index (χ2n) is 7.87. The largest absolute Gasteiger partial charge is 0.497 e. The molecular formula is C25H25ClN4O4S2. The molecule has 0 atom stereocenters. The van der Waals surface area contributed by atoms with Gasteiger partial charge in [-0.25, -0.2) is 14.5 Å².